The predicted molar refractivity (Wildman–Crippen MR) is 116 cm³/mol. The molecule has 0 amide bonds. The molecule has 0 aliphatic heterocycles. The third-order valence-electron chi connectivity index (χ3n) is 3.89. The first kappa shape index (κ1) is 22.7. The summed E-state index contributed by atoms with van der Waals surface area (Å²) in [6.45, 7) is 3.97. The maximum absolute atomic E-state index is 11.5. The van der Waals surface area contributed by atoms with Crippen molar-refractivity contribution in [1.82, 2.24) is 0 Å². The van der Waals surface area contributed by atoms with Gasteiger partial charge in [-0.1, -0.05) is 13.0 Å². The molecule has 0 bridgehead atoms. The Balaban J connectivity index is 2.20. The molecule has 0 fully saturated rings. The largest absolute Gasteiger partial charge is 0.487 e. The van der Waals surface area contributed by atoms with E-state index in [1.54, 1.807) is 12.1 Å². The first-order valence-corrected chi connectivity index (χ1v) is 11.8. The predicted octanol–water partition coefficient (Wildman–Crippen LogP) is 5.05. The van der Waals surface area contributed by atoms with Gasteiger partial charge in [-0.15, -0.1) is 0 Å². The number of ether oxygens (including phenoxy) is 1. The van der Waals surface area contributed by atoms with Crippen LogP contribution in [-0.2, 0) is 21.4 Å². The number of sulfonamides is 1. The second-order valence-electron chi connectivity index (χ2n) is 6.68. The van der Waals surface area contributed by atoms with Crippen molar-refractivity contribution in [1.29, 1.82) is 0 Å². The Labute approximate surface area is 181 Å². The highest BCUT2D eigenvalue weighted by Gasteiger charge is 2.16. The Morgan fingerprint density at radius 1 is 1.18 bits per heavy atom. The van der Waals surface area contributed by atoms with Crippen LogP contribution in [0.1, 0.15) is 36.0 Å². The molecular weight excluding hydrogens is 514 g/mol. The molecule has 0 aliphatic carbocycles. The molecule has 0 spiro atoms. The fourth-order valence-electron chi connectivity index (χ4n) is 2.76. The summed E-state index contributed by atoms with van der Waals surface area (Å²) in [4.78, 5) is 10.9. The molecule has 2 N–H and O–H groups in total. The normalized spacial score (nSPS) is 12.5. The monoisotopic (exact) mass is 533 g/mol. The second kappa shape index (κ2) is 9.28. The number of carbonyl (C=O) groups is 1. The van der Waals surface area contributed by atoms with Gasteiger partial charge >= 0.3 is 5.97 Å². The number of benzene rings is 2. The Morgan fingerprint density at radius 3 is 2.32 bits per heavy atom. The molecule has 2 aromatic carbocycles. The average Bonchev–Trinajstić information content (AvgIpc) is 2.50. The van der Waals surface area contributed by atoms with Gasteiger partial charge in [0.2, 0.25) is 10.0 Å². The second-order valence-corrected chi connectivity index (χ2v) is 10.1. The number of carboxylic acid groups (broad SMARTS) is 1. The van der Waals surface area contributed by atoms with Crippen LogP contribution in [0.25, 0.3) is 0 Å². The molecule has 1 unspecified atom stereocenters. The van der Waals surface area contributed by atoms with Crippen molar-refractivity contribution in [2.45, 2.75) is 32.8 Å². The number of hydrogen-bond donors (Lipinski definition) is 2. The molecule has 0 saturated heterocycles. The number of aliphatic carboxylic acids is 1. The molecule has 6 nitrogen and oxygen atoms in total. The van der Waals surface area contributed by atoms with Crippen molar-refractivity contribution in [2.75, 3.05) is 11.0 Å². The van der Waals surface area contributed by atoms with E-state index in [1.165, 1.54) is 0 Å². The number of hydrogen-bond acceptors (Lipinski definition) is 4. The van der Waals surface area contributed by atoms with Crippen molar-refractivity contribution in [3.8, 4) is 5.75 Å². The van der Waals surface area contributed by atoms with E-state index in [9.17, 15) is 13.2 Å². The topological polar surface area (TPSA) is 92.7 Å². The van der Waals surface area contributed by atoms with E-state index < -0.39 is 16.0 Å². The van der Waals surface area contributed by atoms with Crippen LogP contribution in [0.2, 0.25) is 0 Å². The third-order valence-corrected chi connectivity index (χ3v) is 5.68. The van der Waals surface area contributed by atoms with Gasteiger partial charge in [0, 0.05) is 5.69 Å². The fourth-order valence-corrected chi connectivity index (χ4v) is 4.75. The summed E-state index contributed by atoms with van der Waals surface area (Å²) in [5.74, 6) is -0.399. The summed E-state index contributed by atoms with van der Waals surface area (Å²) in [6, 6.07) is 9.08. The van der Waals surface area contributed by atoms with E-state index in [0.29, 0.717) is 20.4 Å². The van der Waals surface area contributed by atoms with Crippen LogP contribution in [0.4, 0.5) is 5.69 Å². The summed E-state index contributed by atoms with van der Waals surface area (Å²) in [7, 11) is -3.36. The highest BCUT2D eigenvalue weighted by atomic mass is 79.9. The molecular formula is C19H21Br2NO5S. The minimum Gasteiger partial charge on any atom is -0.487 e. The number of carboxylic acids is 1. The summed E-state index contributed by atoms with van der Waals surface area (Å²) < 4.78 is 32.7. The van der Waals surface area contributed by atoms with E-state index >= 15 is 0 Å². The summed E-state index contributed by atoms with van der Waals surface area (Å²) in [6.07, 6.45) is 1.14. The molecule has 0 saturated carbocycles. The molecule has 2 rings (SSSR count). The third kappa shape index (κ3) is 6.79. The van der Waals surface area contributed by atoms with Crippen LogP contribution in [-0.4, -0.2) is 25.7 Å². The molecule has 0 aliphatic rings. The lowest BCUT2D eigenvalue weighted by molar-refractivity contribution is -0.137. The van der Waals surface area contributed by atoms with Gasteiger partial charge < -0.3 is 9.84 Å². The molecule has 0 heterocycles. The van der Waals surface area contributed by atoms with Crippen LogP contribution in [0, 0.1) is 6.92 Å². The molecule has 0 aromatic heterocycles. The van der Waals surface area contributed by atoms with E-state index in [-0.39, 0.29) is 18.9 Å². The van der Waals surface area contributed by atoms with Crippen LogP contribution >= 0.6 is 31.9 Å². The Morgan fingerprint density at radius 2 is 1.79 bits per heavy atom. The lowest BCUT2D eigenvalue weighted by Crippen LogP contribution is -2.10. The van der Waals surface area contributed by atoms with Gasteiger partial charge in [-0.05, 0) is 85.7 Å². The molecule has 152 valence electrons. The van der Waals surface area contributed by atoms with Crippen LogP contribution < -0.4 is 9.46 Å². The smallest absolute Gasteiger partial charge is 0.303 e. The zero-order valence-corrected chi connectivity index (χ0v) is 19.6. The van der Waals surface area contributed by atoms with Crippen molar-refractivity contribution < 1.29 is 23.1 Å². The summed E-state index contributed by atoms with van der Waals surface area (Å²) in [5, 5.41) is 8.97. The first-order valence-electron chi connectivity index (χ1n) is 8.36. The quantitative estimate of drug-likeness (QED) is 0.494. The Kier molecular flexibility index (Phi) is 7.52. The molecule has 0 radical (unpaired) electrons. The SMILES string of the molecule is Cc1cc(COc2c(Br)cc(C(C)CC(=O)O)cc2Br)cc(NS(C)(=O)=O)c1. The van der Waals surface area contributed by atoms with Gasteiger partial charge in [0.05, 0.1) is 21.6 Å². The number of aryl methyl sites for hydroxylation is 1. The van der Waals surface area contributed by atoms with E-state index in [4.69, 9.17) is 9.84 Å². The van der Waals surface area contributed by atoms with E-state index in [2.05, 4.69) is 36.6 Å². The average molecular weight is 535 g/mol. The van der Waals surface area contributed by atoms with Crippen LogP contribution in [0.3, 0.4) is 0 Å². The summed E-state index contributed by atoms with van der Waals surface area (Å²) >= 11 is 6.96. The fraction of sp³-hybridized carbons (Fsp3) is 0.316. The zero-order chi connectivity index (χ0) is 21.1. The molecule has 2 aromatic rings. The maximum atomic E-state index is 11.5. The van der Waals surface area contributed by atoms with Crippen molar-refractivity contribution in [3.63, 3.8) is 0 Å². The van der Waals surface area contributed by atoms with Gasteiger partial charge in [0.25, 0.3) is 0 Å². The lowest BCUT2D eigenvalue weighted by atomic mass is 9.98. The minimum atomic E-state index is -3.36. The number of anilines is 1. The van der Waals surface area contributed by atoms with Crippen LogP contribution in [0.15, 0.2) is 39.3 Å². The van der Waals surface area contributed by atoms with Crippen molar-refractivity contribution in [2.24, 2.45) is 0 Å². The van der Waals surface area contributed by atoms with Gasteiger partial charge in [-0.3, -0.25) is 9.52 Å². The molecule has 28 heavy (non-hydrogen) atoms. The molecule has 9 heteroatoms. The number of rotatable bonds is 8. The Bertz CT molecular complexity index is 969. The molecule has 1 atom stereocenters. The number of halogens is 2. The van der Waals surface area contributed by atoms with Gasteiger partial charge in [-0.25, -0.2) is 8.42 Å². The van der Waals surface area contributed by atoms with Gasteiger partial charge in [0.15, 0.2) is 0 Å². The van der Waals surface area contributed by atoms with Gasteiger partial charge in [0.1, 0.15) is 12.4 Å². The van der Waals surface area contributed by atoms with Gasteiger partial charge in [-0.2, -0.15) is 0 Å². The minimum absolute atomic E-state index is 0.0402. The van der Waals surface area contributed by atoms with E-state index in [0.717, 1.165) is 22.9 Å². The van der Waals surface area contributed by atoms with Crippen molar-refractivity contribution in [3.05, 3.63) is 56.0 Å². The number of nitrogens with one attached hydrogen (secondary N) is 1. The standard InChI is InChI=1S/C19H21Br2NO5S/c1-11-4-13(7-15(5-11)22-28(3,25)26)10-27-19-16(20)8-14(9-17(19)21)12(2)6-18(23)24/h4-5,7-9,12,22H,6,10H2,1-3H3,(H,23,24). The van der Waals surface area contributed by atoms with Crippen LogP contribution in [0.5, 0.6) is 5.75 Å². The van der Waals surface area contributed by atoms with E-state index in [1.807, 2.05) is 32.0 Å². The first-order chi connectivity index (χ1) is 12.9. The highest BCUT2D eigenvalue weighted by Crippen LogP contribution is 2.38. The van der Waals surface area contributed by atoms with Crippen molar-refractivity contribution >= 4 is 53.5 Å². The zero-order valence-electron chi connectivity index (χ0n) is 15.6. The highest BCUT2D eigenvalue weighted by molar-refractivity contribution is 9.11. The Hall–Kier alpha value is -1.58. The summed E-state index contributed by atoms with van der Waals surface area (Å²) in [5.41, 5.74) is 3.08. The maximum Gasteiger partial charge on any atom is 0.303 e. The lowest BCUT2D eigenvalue weighted by Gasteiger charge is -2.16.